The summed E-state index contributed by atoms with van der Waals surface area (Å²) in [4.78, 5) is 12.0. The van der Waals surface area contributed by atoms with E-state index in [0.29, 0.717) is 4.47 Å². The molecular formula is C17H17BrFNO4S. The molecule has 2 rings (SSSR count). The first-order chi connectivity index (χ1) is 11.7. The van der Waals surface area contributed by atoms with E-state index in [1.165, 1.54) is 30.3 Å². The Morgan fingerprint density at radius 3 is 2.32 bits per heavy atom. The van der Waals surface area contributed by atoms with Crippen LogP contribution in [-0.2, 0) is 19.6 Å². The summed E-state index contributed by atoms with van der Waals surface area (Å²) in [6, 6.07) is 11.2. The van der Waals surface area contributed by atoms with Crippen molar-refractivity contribution in [3.05, 3.63) is 58.8 Å². The molecule has 0 N–H and O–H groups in total. The molecule has 134 valence electrons. The van der Waals surface area contributed by atoms with Gasteiger partial charge in [-0.1, -0.05) is 28.1 Å². The smallest absolute Gasteiger partial charge is 0.327 e. The lowest BCUT2D eigenvalue weighted by Gasteiger charge is -2.24. The Morgan fingerprint density at radius 1 is 1.16 bits per heavy atom. The fourth-order valence-electron chi connectivity index (χ4n) is 2.10. The molecule has 0 heterocycles. The summed E-state index contributed by atoms with van der Waals surface area (Å²) in [6.07, 6.45) is -0.412. The third-order valence-electron chi connectivity index (χ3n) is 3.16. The van der Waals surface area contributed by atoms with Crippen molar-refractivity contribution >= 4 is 37.6 Å². The highest BCUT2D eigenvalue weighted by Crippen LogP contribution is 2.27. The summed E-state index contributed by atoms with van der Waals surface area (Å²) in [5.41, 5.74) is -0.217. The zero-order chi connectivity index (χ0) is 18.6. The summed E-state index contributed by atoms with van der Waals surface area (Å²) < 4.78 is 46.5. The van der Waals surface area contributed by atoms with E-state index in [1.54, 1.807) is 26.0 Å². The third kappa shape index (κ3) is 4.79. The Morgan fingerprint density at radius 2 is 1.76 bits per heavy atom. The van der Waals surface area contributed by atoms with E-state index in [2.05, 4.69) is 15.9 Å². The average molecular weight is 430 g/mol. The largest absolute Gasteiger partial charge is 0.462 e. The van der Waals surface area contributed by atoms with Crippen molar-refractivity contribution in [2.45, 2.75) is 24.8 Å². The second kappa shape index (κ2) is 7.97. The van der Waals surface area contributed by atoms with Crippen molar-refractivity contribution in [3.8, 4) is 0 Å². The summed E-state index contributed by atoms with van der Waals surface area (Å²) in [7, 11) is -4.15. The zero-order valence-corrected chi connectivity index (χ0v) is 16.1. The predicted molar refractivity (Wildman–Crippen MR) is 96.3 cm³/mol. The molecule has 2 aromatic rings. The second-order valence-electron chi connectivity index (χ2n) is 5.46. The van der Waals surface area contributed by atoms with Crippen molar-refractivity contribution in [2.24, 2.45) is 0 Å². The minimum atomic E-state index is -4.15. The van der Waals surface area contributed by atoms with Gasteiger partial charge in [0.25, 0.3) is 10.0 Å². The number of hydrogen-bond donors (Lipinski definition) is 0. The Balaban J connectivity index is 2.48. The van der Waals surface area contributed by atoms with E-state index in [4.69, 9.17) is 4.74 Å². The molecular weight excluding hydrogens is 413 g/mol. The van der Waals surface area contributed by atoms with Crippen molar-refractivity contribution in [1.29, 1.82) is 0 Å². The molecule has 0 unspecified atom stereocenters. The normalized spacial score (nSPS) is 11.4. The standard InChI is InChI=1S/C17H17BrFNO4S/c1-12(2)24-17(21)11-20(16-6-4-3-5-15(16)19)25(22,23)14-9-7-13(18)8-10-14/h3-10,12H,11H2,1-2H3. The topological polar surface area (TPSA) is 63.7 Å². The van der Waals surface area contributed by atoms with Gasteiger partial charge in [-0.2, -0.15) is 0 Å². The first-order valence-electron chi connectivity index (χ1n) is 7.44. The number of ether oxygens (including phenoxy) is 1. The summed E-state index contributed by atoms with van der Waals surface area (Å²) in [5.74, 6) is -1.51. The van der Waals surface area contributed by atoms with E-state index in [-0.39, 0.29) is 10.6 Å². The fraction of sp³-hybridized carbons (Fsp3) is 0.235. The van der Waals surface area contributed by atoms with Crippen LogP contribution in [0.1, 0.15) is 13.8 Å². The molecule has 0 aliphatic rings. The van der Waals surface area contributed by atoms with E-state index in [1.807, 2.05) is 0 Å². The molecule has 0 fully saturated rings. The van der Waals surface area contributed by atoms with Crippen molar-refractivity contribution in [1.82, 2.24) is 0 Å². The quantitative estimate of drug-likeness (QED) is 0.656. The van der Waals surface area contributed by atoms with Gasteiger partial charge in [0.1, 0.15) is 12.4 Å². The molecule has 0 aliphatic carbocycles. The molecule has 0 saturated heterocycles. The molecule has 0 radical (unpaired) electrons. The molecule has 0 atom stereocenters. The number of carbonyl (C=O) groups is 1. The van der Waals surface area contributed by atoms with Gasteiger partial charge in [-0.15, -0.1) is 0 Å². The van der Waals surface area contributed by atoms with Gasteiger partial charge in [-0.25, -0.2) is 12.8 Å². The van der Waals surface area contributed by atoms with Gasteiger partial charge in [0.15, 0.2) is 0 Å². The molecule has 5 nitrogen and oxygen atoms in total. The van der Waals surface area contributed by atoms with Crippen LogP contribution in [0.4, 0.5) is 10.1 Å². The van der Waals surface area contributed by atoms with Gasteiger partial charge < -0.3 is 4.74 Å². The summed E-state index contributed by atoms with van der Waals surface area (Å²) in [5, 5.41) is 0. The lowest BCUT2D eigenvalue weighted by Crippen LogP contribution is -2.37. The molecule has 2 aromatic carbocycles. The first-order valence-corrected chi connectivity index (χ1v) is 9.67. The maximum Gasteiger partial charge on any atom is 0.327 e. The molecule has 0 bridgehead atoms. The number of halogens is 2. The Kier molecular flexibility index (Phi) is 6.18. The Hall–Kier alpha value is -1.93. The number of benzene rings is 2. The number of anilines is 1. The number of para-hydroxylation sites is 1. The maximum absolute atomic E-state index is 14.2. The van der Waals surface area contributed by atoms with Crippen LogP contribution in [0.5, 0.6) is 0 Å². The van der Waals surface area contributed by atoms with Crippen molar-refractivity contribution in [3.63, 3.8) is 0 Å². The third-order valence-corrected chi connectivity index (χ3v) is 5.47. The zero-order valence-electron chi connectivity index (χ0n) is 13.6. The number of hydrogen-bond acceptors (Lipinski definition) is 4. The van der Waals surface area contributed by atoms with Crippen molar-refractivity contribution < 1.29 is 22.3 Å². The monoisotopic (exact) mass is 429 g/mol. The highest BCUT2D eigenvalue weighted by atomic mass is 79.9. The summed E-state index contributed by atoms with van der Waals surface area (Å²) >= 11 is 3.23. The molecule has 0 aliphatic heterocycles. The van der Waals surface area contributed by atoms with Crippen LogP contribution in [0.25, 0.3) is 0 Å². The van der Waals surface area contributed by atoms with Gasteiger partial charge in [0, 0.05) is 4.47 Å². The molecule has 0 aromatic heterocycles. The van der Waals surface area contributed by atoms with Crippen LogP contribution in [-0.4, -0.2) is 27.0 Å². The highest BCUT2D eigenvalue weighted by molar-refractivity contribution is 9.10. The van der Waals surface area contributed by atoms with Crippen LogP contribution >= 0.6 is 15.9 Å². The SMILES string of the molecule is CC(C)OC(=O)CN(c1ccccc1F)S(=O)(=O)c1ccc(Br)cc1. The minimum Gasteiger partial charge on any atom is -0.462 e. The highest BCUT2D eigenvalue weighted by Gasteiger charge is 2.29. The van der Waals surface area contributed by atoms with Gasteiger partial charge in [0.2, 0.25) is 0 Å². The lowest BCUT2D eigenvalue weighted by atomic mass is 10.3. The van der Waals surface area contributed by atoms with Crippen LogP contribution < -0.4 is 4.31 Å². The van der Waals surface area contributed by atoms with Crippen LogP contribution in [0.15, 0.2) is 57.9 Å². The number of carbonyl (C=O) groups excluding carboxylic acids is 1. The average Bonchev–Trinajstić information content (AvgIpc) is 2.53. The van der Waals surface area contributed by atoms with E-state index in [9.17, 15) is 17.6 Å². The number of nitrogens with zero attached hydrogens (tertiary/aromatic N) is 1. The van der Waals surface area contributed by atoms with E-state index < -0.39 is 34.5 Å². The Bertz CT molecular complexity index is 853. The minimum absolute atomic E-state index is 0.0590. The maximum atomic E-state index is 14.2. The number of esters is 1. The van der Waals surface area contributed by atoms with Gasteiger partial charge in [-0.3, -0.25) is 9.10 Å². The van der Waals surface area contributed by atoms with E-state index in [0.717, 1.165) is 10.4 Å². The Labute approximate surface area is 154 Å². The van der Waals surface area contributed by atoms with E-state index >= 15 is 0 Å². The first kappa shape index (κ1) is 19.4. The lowest BCUT2D eigenvalue weighted by molar-refractivity contribution is -0.145. The van der Waals surface area contributed by atoms with Crippen LogP contribution in [0.2, 0.25) is 0 Å². The molecule has 0 saturated carbocycles. The van der Waals surface area contributed by atoms with Crippen LogP contribution in [0, 0.1) is 5.82 Å². The van der Waals surface area contributed by atoms with Gasteiger partial charge in [0.05, 0.1) is 16.7 Å². The molecule has 8 heteroatoms. The summed E-state index contributed by atoms with van der Waals surface area (Å²) in [6.45, 7) is 2.67. The van der Waals surface area contributed by atoms with Crippen molar-refractivity contribution in [2.75, 3.05) is 10.8 Å². The molecule has 25 heavy (non-hydrogen) atoms. The molecule has 0 amide bonds. The van der Waals surface area contributed by atoms with Crippen LogP contribution in [0.3, 0.4) is 0 Å². The molecule has 0 spiro atoms. The van der Waals surface area contributed by atoms with Gasteiger partial charge in [-0.05, 0) is 50.2 Å². The fourth-order valence-corrected chi connectivity index (χ4v) is 3.79. The van der Waals surface area contributed by atoms with Gasteiger partial charge >= 0.3 is 5.97 Å². The predicted octanol–water partition coefficient (Wildman–Crippen LogP) is 3.74. The second-order valence-corrected chi connectivity index (χ2v) is 8.23. The number of rotatable bonds is 6. The number of sulfonamides is 1.